The van der Waals surface area contributed by atoms with Crippen molar-refractivity contribution in [2.75, 3.05) is 20.6 Å². The number of benzene rings is 1. The number of aromatic nitrogens is 1. The van der Waals surface area contributed by atoms with Crippen LogP contribution in [-0.2, 0) is 0 Å². The lowest BCUT2D eigenvalue weighted by Crippen LogP contribution is -2.18. The summed E-state index contributed by atoms with van der Waals surface area (Å²) in [4.78, 5) is 5.33. The first kappa shape index (κ1) is 11.1. The summed E-state index contributed by atoms with van der Waals surface area (Å²) < 4.78 is 13.2. The van der Waals surface area contributed by atoms with Crippen molar-refractivity contribution in [3.05, 3.63) is 35.8 Å². The van der Waals surface area contributed by atoms with Gasteiger partial charge in [-0.05, 0) is 43.8 Å². The highest BCUT2D eigenvalue weighted by Crippen LogP contribution is 2.26. The fourth-order valence-electron chi connectivity index (χ4n) is 2.17. The number of hydrogen-bond acceptors (Lipinski definition) is 1. The van der Waals surface area contributed by atoms with Crippen LogP contribution in [0, 0.1) is 5.82 Å². The second-order valence-corrected chi connectivity index (χ2v) is 4.60. The van der Waals surface area contributed by atoms with Crippen LogP contribution in [0.1, 0.15) is 18.4 Å². The van der Waals surface area contributed by atoms with Gasteiger partial charge >= 0.3 is 0 Å². The van der Waals surface area contributed by atoms with Crippen LogP contribution in [0.4, 0.5) is 4.39 Å². The Balaban J connectivity index is 2.40. The smallest absolute Gasteiger partial charge is 0.123 e. The molecule has 2 nitrogen and oxygen atoms in total. The molecule has 86 valence electrons. The van der Waals surface area contributed by atoms with E-state index in [4.69, 9.17) is 0 Å². The molecule has 0 amide bonds. The summed E-state index contributed by atoms with van der Waals surface area (Å²) in [6.07, 6.45) is 1.98. The second kappa shape index (κ2) is 4.26. The number of fused-ring (bicyclic) bond motifs is 1. The summed E-state index contributed by atoms with van der Waals surface area (Å²) in [5.74, 6) is 0.218. The summed E-state index contributed by atoms with van der Waals surface area (Å²) in [6, 6.07) is 4.88. The number of nitrogens with one attached hydrogen (secondary N) is 1. The zero-order valence-corrected chi connectivity index (χ0v) is 9.92. The van der Waals surface area contributed by atoms with Crippen molar-refractivity contribution in [2.24, 2.45) is 0 Å². The highest BCUT2D eigenvalue weighted by atomic mass is 19.1. The van der Waals surface area contributed by atoms with E-state index in [0.29, 0.717) is 5.92 Å². The van der Waals surface area contributed by atoms with Crippen molar-refractivity contribution in [2.45, 2.75) is 12.8 Å². The molecular formula is C13H17FN2. The van der Waals surface area contributed by atoms with Crippen LogP contribution < -0.4 is 0 Å². The van der Waals surface area contributed by atoms with E-state index >= 15 is 0 Å². The van der Waals surface area contributed by atoms with Gasteiger partial charge in [0, 0.05) is 23.6 Å². The van der Waals surface area contributed by atoms with Gasteiger partial charge in [0.15, 0.2) is 0 Å². The number of aromatic amines is 1. The topological polar surface area (TPSA) is 19.0 Å². The average Bonchev–Trinajstić information content (AvgIpc) is 2.59. The minimum atomic E-state index is -0.176. The Kier molecular flexibility index (Phi) is 2.97. The molecule has 0 radical (unpaired) electrons. The molecule has 16 heavy (non-hydrogen) atoms. The number of rotatable bonds is 3. The van der Waals surface area contributed by atoms with E-state index in [1.165, 1.54) is 11.6 Å². The third-order valence-corrected chi connectivity index (χ3v) is 2.85. The molecule has 0 bridgehead atoms. The van der Waals surface area contributed by atoms with Gasteiger partial charge in [-0.2, -0.15) is 0 Å². The predicted octanol–water partition coefficient (Wildman–Crippen LogP) is 2.97. The van der Waals surface area contributed by atoms with E-state index in [0.717, 1.165) is 17.4 Å². The lowest BCUT2D eigenvalue weighted by atomic mass is 10.00. The molecule has 0 saturated heterocycles. The zero-order valence-electron chi connectivity index (χ0n) is 9.92. The molecule has 1 aromatic carbocycles. The maximum atomic E-state index is 13.2. The normalized spacial score (nSPS) is 13.6. The van der Waals surface area contributed by atoms with Gasteiger partial charge in [-0.15, -0.1) is 0 Å². The highest BCUT2D eigenvalue weighted by Gasteiger charge is 2.12. The maximum absolute atomic E-state index is 13.2. The monoisotopic (exact) mass is 220 g/mol. The molecule has 1 atom stereocenters. The van der Waals surface area contributed by atoms with E-state index in [2.05, 4.69) is 16.8 Å². The molecule has 0 fully saturated rings. The second-order valence-electron chi connectivity index (χ2n) is 4.60. The van der Waals surface area contributed by atoms with Gasteiger partial charge in [0.05, 0.1) is 0 Å². The molecule has 2 rings (SSSR count). The lowest BCUT2D eigenvalue weighted by molar-refractivity contribution is 0.384. The Labute approximate surface area is 95.1 Å². The molecule has 0 saturated carbocycles. The Morgan fingerprint density at radius 3 is 2.81 bits per heavy atom. The highest BCUT2D eigenvalue weighted by molar-refractivity contribution is 5.83. The summed E-state index contributed by atoms with van der Waals surface area (Å²) >= 11 is 0. The Hall–Kier alpha value is -1.35. The van der Waals surface area contributed by atoms with Gasteiger partial charge < -0.3 is 9.88 Å². The number of likely N-dealkylation sites (N-methyl/N-ethyl adjacent to an activating group) is 1. The molecule has 2 aromatic rings. The third-order valence-electron chi connectivity index (χ3n) is 2.85. The van der Waals surface area contributed by atoms with Crippen molar-refractivity contribution >= 4 is 10.9 Å². The van der Waals surface area contributed by atoms with Crippen LogP contribution >= 0.6 is 0 Å². The van der Waals surface area contributed by atoms with Crippen LogP contribution in [0.25, 0.3) is 10.9 Å². The first-order chi connectivity index (χ1) is 7.58. The fraction of sp³-hybridized carbons (Fsp3) is 0.385. The van der Waals surface area contributed by atoms with Gasteiger partial charge in [0.25, 0.3) is 0 Å². The van der Waals surface area contributed by atoms with Gasteiger partial charge in [-0.3, -0.25) is 0 Å². The first-order valence-corrected chi connectivity index (χ1v) is 5.49. The van der Waals surface area contributed by atoms with Crippen molar-refractivity contribution in [3.8, 4) is 0 Å². The average molecular weight is 220 g/mol. The minimum Gasteiger partial charge on any atom is -0.361 e. The largest absolute Gasteiger partial charge is 0.361 e. The molecule has 0 aliphatic rings. The summed E-state index contributed by atoms with van der Waals surface area (Å²) in [7, 11) is 4.10. The molecule has 0 spiro atoms. The van der Waals surface area contributed by atoms with E-state index in [1.807, 2.05) is 20.3 Å². The van der Waals surface area contributed by atoms with Crippen LogP contribution in [0.15, 0.2) is 24.4 Å². The Morgan fingerprint density at radius 2 is 2.12 bits per heavy atom. The van der Waals surface area contributed by atoms with Crippen molar-refractivity contribution < 1.29 is 4.39 Å². The van der Waals surface area contributed by atoms with E-state index in [9.17, 15) is 4.39 Å². The molecule has 3 heteroatoms. The summed E-state index contributed by atoms with van der Waals surface area (Å²) in [5, 5.41) is 0.995. The van der Waals surface area contributed by atoms with Gasteiger partial charge in [-0.25, -0.2) is 4.39 Å². The number of nitrogens with zero attached hydrogens (tertiary/aromatic N) is 1. The summed E-state index contributed by atoms with van der Waals surface area (Å²) in [5.41, 5.74) is 2.19. The minimum absolute atomic E-state index is 0.176. The van der Waals surface area contributed by atoms with Crippen LogP contribution in [0.2, 0.25) is 0 Å². The lowest BCUT2D eigenvalue weighted by Gasteiger charge is -2.16. The van der Waals surface area contributed by atoms with Gasteiger partial charge in [0.1, 0.15) is 5.82 Å². The maximum Gasteiger partial charge on any atom is 0.123 e. The Bertz CT molecular complexity index is 488. The molecule has 0 aliphatic heterocycles. The molecule has 1 unspecified atom stereocenters. The number of hydrogen-bond donors (Lipinski definition) is 1. The number of H-pyrrole nitrogens is 1. The molecular weight excluding hydrogens is 203 g/mol. The van der Waals surface area contributed by atoms with E-state index < -0.39 is 0 Å². The SMILES string of the molecule is CC(CN(C)C)c1c[nH]c2ccc(F)cc12. The molecule has 1 N–H and O–H groups in total. The van der Waals surface area contributed by atoms with Gasteiger partial charge in [0.2, 0.25) is 0 Å². The van der Waals surface area contributed by atoms with Crippen molar-refractivity contribution in [1.82, 2.24) is 9.88 Å². The van der Waals surface area contributed by atoms with Crippen LogP contribution in [0.3, 0.4) is 0 Å². The van der Waals surface area contributed by atoms with Crippen molar-refractivity contribution in [1.29, 1.82) is 0 Å². The predicted molar refractivity (Wildman–Crippen MR) is 65.2 cm³/mol. The Morgan fingerprint density at radius 1 is 1.38 bits per heavy atom. The fourth-order valence-corrected chi connectivity index (χ4v) is 2.17. The quantitative estimate of drug-likeness (QED) is 0.842. The van der Waals surface area contributed by atoms with Crippen LogP contribution in [-0.4, -0.2) is 30.5 Å². The molecule has 1 aromatic heterocycles. The van der Waals surface area contributed by atoms with E-state index in [1.54, 1.807) is 12.1 Å². The van der Waals surface area contributed by atoms with Crippen LogP contribution in [0.5, 0.6) is 0 Å². The standard InChI is InChI=1S/C13H17FN2/c1-9(8-16(2)3)12-7-15-13-5-4-10(14)6-11(12)13/h4-7,9,15H,8H2,1-3H3. The summed E-state index contributed by atoms with van der Waals surface area (Å²) in [6.45, 7) is 3.12. The van der Waals surface area contributed by atoms with Crippen molar-refractivity contribution in [3.63, 3.8) is 0 Å². The van der Waals surface area contributed by atoms with E-state index in [-0.39, 0.29) is 5.82 Å². The third kappa shape index (κ3) is 2.09. The number of halogens is 1. The molecule has 1 heterocycles. The first-order valence-electron chi connectivity index (χ1n) is 5.49. The zero-order chi connectivity index (χ0) is 11.7. The molecule has 0 aliphatic carbocycles. The van der Waals surface area contributed by atoms with Gasteiger partial charge in [-0.1, -0.05) is 6.92 Å².